The van der Waals surface area contributed by atoms with Gasteiger partial charge in [0, 0.05) is 25.2 Å². The third-order valence-corrected chi connectivity index (χ3v) is 3.96. The van der Waals surface area contributed by atoms with Crippen LogP contribution in [-0.2, 0) is 9.53 Å². The molecule has 0 spiro atoms. The zero-order valence-corrected chi connectivity index (χ0v) is 14.5. The van der Waals surface area contributed by atoms with E-state index in [1.165, 1.54) is 18.3 Å². The van der Waals surface area contributed by atoms with E-state index in [1.54, 1.807) is 4.90 Å². The quantitative estimate of drug-likeness (QED) is 0.625. The highest BCUT2D eigenvalue weighted by Crippen LogP contribution is 2.23. The first-order chi connectivity index (χ1) is 11.3. The number of likely N-dealkylation sites (tertiary alicyclic amines) is 1. The maximum Gasteiger partial charge on any atom is 0.306 e. The third-order valence-electron chi connectivity index (χ3n) is 3.96. The molecule has 0 radical (unpaired) electrons. The summed E-state index contributed by atoms with van der Waals surface area (Å²) in [4.78, 5) is 29.9. The number of hydrogen-bond donors (Lipinski definition) is 0. The van der Waals surface area contributed by atoms with Gasteiger partial charge in [0.1, 0.15) is 5.60 Å². The van der Waals surface area contributed by atoms with Crippen LogP contribution in [0.3, 0.4) is 0 Å². The van der Waals surface area contributed by atoms with Crippen LogP contribution in [0.15, 0.2) is 18.3 Å². The molecule has 1 atom stereocenters. The van der Waals surface area contributed by atoms with Crippen LogP contribution in [0.4, 0.5) is 4.39 Å². The minimum Gasteiger partial charge on any atom is -0.460 e. The summed E-state index contributed by atoms with van der Waals surface area (Å²) in [5.41, 5.74) is -0.126. The van der Waals surface area contributed by atoms with Crippen molar-refractivity contribution in [3.8, 4) is 0 Å². The van der Waals surface area contributed by atoms with Gasteiger partial charge in [0.25, 0.3) is 5.91 Å². The Hall–Kier alpha value is -1.98. The van der Waals surface area contributed by atoms with E-state index in [0.717, 1.165) is 19.3 Å². The Bertz CT molecular complexity index is 581. The smallest absolute Gasteiger partial charge is 0.306 e. The maximum atomic E-state index is 12.9. The van der Waals surface area contributed by atoms with Gasteiger partial charge in [-0.05, 0) is 58.6 Å². The van der Waals surface area contributed by atoms with Crippen LogP contribution in [-0.4, -0.2) is 39.9 Å². The summed E-state index contributed by atoms with van der Waals surface area (Å²) in [5.74, 6) is -1.01. The first-order valence-corrected chi connectivity index (χ1v) is 8.40. The number of nitrogens with zero attached hydrogens (tertiary/aromatic N) is 2. The van der Waals surface area contributed by atoms with Crippen molar-refractivity contribution in [2.24, 2.45) is 0 Å². The molecule has 132 valence electrons. The van der Waals surface area contributed by atoms with Gasteiger partial charge < -0.3 is 9.64 Å². The molecule has 24 heavy (non-hydrogen) atoms. The van der Waals surface area contributed by atoms with Gasteiger partial charge in [0.15, 0.2) is 0 Å². The standard InChI is InChI=1S/C18H25FN2O3/c1-18(2,3)24-16(22)10-8-14-6-4-5-11-21(14)17(23)13-7-9-15(19)20-12-13/h7,9,12,14H,4-6,8,10-11H2,1-3H3/t14-/m0/s1. The number of pyridine rings is 1. The number of rotatable bonds is 4. The molecule has 2 rings (SSSR count). The molecule has 0 aromatic carbocycles. The monoisotopic (exact) mass is 336 g/mol. The lowest BCUT2D eigenvalue weighted by molar-refractivity contribution is -0.155. The minimum absolute atomic E-state index is 0.00354. The predicted molar refractivity (Wildman–Crippen MR) is 87.9 cm³/mol. The Kier molecular flexibility index (Phi) is 5.91. The molecule has 2 heterocycles. The van der Waals surface area contributed by atoms with Crippen molar-refractivity contribution in [1.29, 1.82) is 0 Å². The fourth-order valence-corrected chi connectivity index (χ4v) is 2.91. The Labute approximate surface area is 142 Å². The normalized spacial score (nSPS) is 18.3. The van der Waals surface area contributed by atoms with E-state index in [-0.39, 0.29) is 24.3 Å². The highest BCUT2D eigenvalue weighted by molar-refractivity contribution is 5.94. The SMILES string of the molecule is CC(C)(C)OC(=O)CC[C@@H]1CCCCN1C(=O)c1ccc(F)nc1. The average Bonchev–Trinajstić information content (AvgIpc) is 2.52. The molecule has 1 saturated heterocycles. The van der Waals surface area contributed by atoms with E-state index < -0.39 is 11.5 Å². The number of piperidine rings is 1. The Morgan fingerprint density at radius 1 is 1.33 bits per heavy atom. The molecular formula is C18H25FN2O3. The van der Waals surface area contributed by atoms with Crippen molar-refractivity contribution in [3.05, 3.63) is 29.8 Å². The average molecular weight is 336 g/mol. The van der Waals surface area contributed by atoms with Gasteiger partial charge in [-0.3, -0.25) is 9.59 Å². The van der Waals surface area contributed by atoms with E-state index in [1.807, 2.05) is 20.8 Å². The molecule has 0 bridgehead atoms. The molecule has 0 unspecified atom stereocenters. The van der Waals surface area contributed by atoms with Crippen LogP contribution in [0.25, 0.3) is 0 Å². The lowest BCUT2D eigenvalue weighted by atomic mass is 9.97. The van der Waals surface area contributed by atoms with Crippen molar-refractivity contribution < 1.29 is 18.7 Å². The van der Waals surface area contributed by atoms with Crippen molar-refractivity contribution in [2.75, 3.05) is 6.54 Å². The summed E-state index contributed by atoms with van der Waals surface area (Å²) in [5, 5.41) is 0. The second kappa shape index (κ2) is 7.73. The number of hydrogen-bond acceptors (Lipinski definition) is 4. The van der Waals surface area contributed by atoms with Crippen molar-refractivity contribution in [3.63, 3.8) is 0 Å². The van der Waals surface area contributed by atoms with Crippen molar-refractivity contribution >= 4 is 11.9 Å². The molecule has 5 nitrogen and oxygen atoms in total. The molecule has 1 aliphatic heterocycles. The molecule has 1 aromatic heterocycles. The highest BCUT2D eigenvalue weighted by atomic mass is 19.1. The van der Waals surface area contributed by atoms with Crippen LogP contribution >= 0.6 is 0 Å². The van der Waals surface area contributed by atoms with Crippen LogP contribution in [0.5, 0.6) is 0 Å². The van der Waals surface area contributed by atoms with Gasteiger partial charge in [0.2, 0.25) is 5.95 Å². The molecule has 1 amide bonds. The summed E-state index contributed by atoms with van der Waals surface area (Å²) >= 11 is 0. The first kappa shape index (κ1) is 18.4. The number of aromatic nitrogens is 1. The van der Waals surface area contributed by atoms with Crippen LogP contribution < -0.4 is 0 Å². The maximum absolute atomic E-state index is 12.9. The molecule has 1 aliphatic rings. The van der Waals surface area contributed by atoms with Gasteiger partial charge >= 0.3 is 5.97 Å². The summed E-state index contributed by atoms with van der Waals surface area (Å²) in [6.07, 6.45) is 4.96. The van der Waals surface area contributed by atoms with E-state index >= 15 is 0 Å². The molecule has 6 heteroatoms. The Morgan fingerprint density at radius 2 is 2.08 bits per heavy atom. The van der Waals surface area contributed by atoms with Gasteiger partial charge in [-0.1, -0.05) is 0 Å². The van der Waals surface area contributed by atoms with Gasteiger partial charge in [0.05, 0.1) is 5.56 Å². The predicted octanol–water partition coefficient (Wildman–Crippen LogP) is 3.34. The summed E-state index contributed by atoms with van der Waals surface area (Å²) in [7, 11) is 0. The number of amides is 1. The molecule has 0 N–H and O–H groups in total. The summed E-state index contributed by atoms with van der Waals surface area (Å²) in [6.45, 7) is 6.16. The number of ether oxygens (including phenoxy) is 1. The minimum atomic E-state index is -0.605. The summed E-state index contributed by atoms with van der Waals surface area (Å²) < 4.78 is 18.3. The van der Waals surface area contributed by atoms with Gasteiger partial charge in [-0.15, -0.1) is 0 Å². The molecule has 1 fully saturated rings. The fourth-order valence-electron chi connectivity index (χ4n) is 2.91. The fraction of sp³-hybridized carbons (Fsp3) is 0.611. The number of carbonyl (C=O) groups is 2. The number of esters is 1. The number of halogens is 1. The van der Waals surface area contributed by atoms with Gasteiger partial charge in [-0.2, -0.15) is 4.39 Å². The second-order valence-corrected chi connectivity index (χ2v) is 7.14. The van der Waals surface area contributed by atoms with Crippen LogP contribution in [0.2, 0.25) is 0 Å². The zero-order chi connectivity index (χ0) is 17.7. The molecule has 0 saturated carbocycles. The Balaban J connectivity index is 1.98. The lowest BCUT2D eigenvalue weighted by Crippen LogP contribution is -2.44. The topological polar surface area (TPSA) is 59.5 Å². The zero-order valence-electron chi connectivity index (χ0n) is 14.5. The van der Waals surface area contributed by atoms with E-state index in [9.17, 15) is 14.0 Å². The highest BCUT2D eigenvalue weighted by Gasteiger charge is 2.28. The molecule has 0 aliphatic carbocycles. The van der Waals surface area contributed by atoms with Crippen LogP contribution in [0, 0.1) is 5.95 Å². The van der Waals surface area contributed by atoms with Crippen LogP contribution in [0.1, 0.15) is 63.2 Å². The molecule has 1 aromatic rings. The summed E-state index contributed by atoms with van der Waals surface area (Å²) in [6, 6.07) is 2.64. The van der Waals surface area contributed by atoms with Crippen molar-refractivity contribution in [2.45, 2.75) is 64.5 Å². The van der Waals surface area contributed by atoms with E-state index in [4.69, 9.17) is 4.74 Å². The largest absolute Gasteiger partial charge is 0.460 e. The lowest BCUT2D eigenvalue weighted by Gasteiger charge is -2.36. The third kappa shape index (κ3) is 5.28. The van der Waals surface area contributed by atoms with E-state index in [0.29, 0.717) is 18.5 Å². The molecular weight excluding hydrogens is 311 g/mol. The van der Waals surface area contributed by atoms with Crippen molar-refractivity contribution in [1.82, 2.24) is 9.88 Å². The number of carbonyl (C=O) groups excluding carboxylic acids is 2. The van der Waals surface area contributed by atoms with E-state index in [2.05, 4.69) is 4.98 Å². The first-order valence-electron chi connectivity index (χ1n) is 8.40. The Morgan fingerprint density at radius 3 is 2.71 bits per heavy atom. The van der Waals surface area contributed by atoms with Gasteiger partial charge in [-0.25, -0.2) is 4.98 Å². The second-order valence-electron chi connectivity index (χ2n) is 7.14.